The molecule has 1 fully saturated rings. The lowest BCUT2D eigenvalue weighted by Gasteiger charge is -2.13. The first-order valence-corrected chi connectivity index (χ1v) is 6.18. The SMILES string of the molecule is N#CCCN1CC(c2ccccc2Br)NC1=O. The Balaban J connectivity index is 2.09. The molecule has 1 aromatic rings. The summed E-state index contributed by atoms with van der Waals surface area (Å²) < 4.78 is 0.993. The number of nitriles is 1. The molecule has 1 unspecified atom stereocenters. The molecular formula is C12H12BrN3O. The Kier molecular flexibility index (Phi) is 3.64. The maximum Gasteiger partial charge on any atom is 0.318 e. The van der Waals surface area contributed by atoms with E-state index in [1.54, 1.807) is 4.90 Å². The minimum Gasteiger partial charge on any atom is -0.329 e. The molecule has 17 heavy (non-hydrogen) atoms. The van der Waals surface area contributed by atoms with Crippen molar-refractivity contribution in [2.45, 2.75) is 12.5 Å². The number of rotatable bonds is 3. The molecule has 0 bridgehead atoms. The number of urea groups is 1. The largest absolute Gasteiger partial charge is 0.329 e. The van der Waals surface area contributed by atoms with Crippen molar-refractivity contribution >= 4 is 22.0 Å². The van der Waals surface area contributed by atoms with Gasteiger partial charge in [0.2, 0.25) is 0 Å². The fourth-order valence-electron chi connectivity index (χ4n) is 1.90. The number of halogens is 1. The summed E-state index contributed by atoms with van der Waals surface area (Å²) in [6, 6.07) is 9.79. The molecule has 0 radical (unpaired) electrons. The number of benzene rings is 1. The van der Waals surface area contributed by atoms with Gasteiger partial charge in [-0.2, -0.15) is 5.26 Å². The van der Waals surface area contributed by atoms with E-state index >= 15 is 0 Å². The minimum absolute atomic E-state index is 0.00299. The highest BCUT2D eigenvalue weighted by atomic mass is 79.9. The molecular weight excluding hydrogens is 282 g/mol. The topological polar surface area (TPSA) is 56.1 Å². The van der Waals surface area contributed by atoms with Crippen molar-refractivity contribution < 1.29 is 4.79 Å². The van der Waals surface area contributed by atoms with Crippen LogP contribution in [0.15, 0.2) is 28.7 Å². The van der Waals surface area contributed by atoms with Gasteiger partial charge in [0.1, 0.15) is 0 Å². The predicted octanol–water partition coefficient (Wildman–Crippen LogP) is 2.43. The van der Waals surface area contributed by atoms with Crippen LogP contribution in [0.2, 0.25) is 0 Å². The van der Waals surface area contributed by atoms with Gasteiger partial charge in [0, 0.05) is 17.6 Å². The van der Waals surface area contributed by atoms with E-state index in [2.05, 4.69) is 27.3 Å². The van der Waals surface area contributed by atoms with Gasteiger partial charge in [-0.05, 0) is 11.6 Å². The number of amides is 2. The van der Waals surface area contributed by atoms with Crippen LogP contribution in [0.3, 0.4) is 0 Å². The highest BCUT2D eigenvalue weighted by Gasteiger charge is 2.30. The van der Waals surface area contributed by atoms with Crippen molar-refractivity contribution in [2.24, 2.45) is 0 Å². The minimum atomic E-state index is -0.0963. The second-order valence-corrected chi connectivity index (χ2v) is 4.73. The molecule has 0 spiro atoms. The Morgan fingerprint density at radius 1 is 1.53 bits per heavy atom. The van der Waals surface area contributed by atoms with Crippen LogP contribution in [-0.4, -0.2) is 24.0 Å². The van der Waals surface area contributed by atoms with Crippen molar-refractivity contribution in [1.82, 2.24) is 10.2 Å². The summed E-state index contributed by atoms with van der Waals surface area (Å²) in [6.07, 6.45) is 0.371. The molecule has 4 nitrogen and oxygen atoms in total. The van der Waals surface area contributed by atoms with Crippen molar-refractivity contribution in [3.8, 4) is 6.07 Å². The van der Waals surface area contributed by atoms with Crippen molar-refractivity contribution in [3.05, 3.63) is 34.3 Å². The van der Waals surface area contributed by atoms with E-state index in [4.69, 9.17) is 5.26 Å². The molecule has 1 aromatic carbocycles. The molecule has 0 saturated carbocycles. The molecule has 2 rings (SSSR count). The van der Waals surface area contributed by atoms with E-state index in [-0.39, 0.29) is 12.1 Å². The fourth-order valence-corrected chi connectivity index (χ4v) is 2.46. The fraction of sp³-hybridized carbons (Fsp3) is 0.333. The zero-order valence-corrected chi connectivity index (χ0v) is 10.8. The third-order valence-corrected chi connectivity index (χ3v) is 3.48. The van der Waals surface area contributed by atoms with Crippen molar-refractivity contribution in [2.75, 3.05) is 13.1 Å². The Morgan fingerprint density at radius 3 is 3.00 bits per heavy atom. The normalized spacial score (nSPS) is 18.9. The molecule has 88 valence electrons. The van der Waals surface area contributed by atoms with Gasteiger partial charge >= 0.3 is 6.03 Å². The third-order valence-electron chi connectivity index (χ3n) is 2.76. The number of carbonyl (C=O) groups excluding carboxylic acids is 1. The molecule has 1 aliphatic heterocycles. The maximum atomic E-state index is 11.7. The first kappa shape index (κ1) is 11.9. The van der Waals surface area contributed by atoms with Gasteiger partial charge < -0.3 is 10.2 Å². The van der Waals surface area contributed by atoms with E-state index in [0.717, 1.165) is 10.0 Å². The number of hydrogen-bond acceptors (Lipinski definition) is 2. The molecule has 0 aliphatic carbocycles. The van der Waals surface area contributed by atoms with Gasteiger partial charge in [-0.3, -0.25) is 0 Å². The van der Waals surface area contributed by atoms with Gasteiger partial charge in [-0.1, -0.05) is 34.1 Å². The van der Waals surface area contributed by atoms with Crippen LogP contribution in [0, 0.1) is 11.3 Å². The monoisotopic (exact) mass is 293 g/mol. The summed E-state index contributed by atoms with van der Waals surface area (Å²) in [5.74, 6) is 0. The standard InChI is InChI=1S/C12H12BrN3O/c13-10-5-2-1-4-9(10)11-8-16(7-3-6-14)12(17)15-11/h1-2,4-5,11H,3,7-8H2,(H,15,17). The molecule has 1 saturated heterocycles. The number of nitrogens with one attached hydrogen (secondary N) is 1. The maximum absolute atomic E-state index is 11.7. The third kappa shape index (κ3) is 2.59. The summed E-state index contributed by atoms with van der Waals surface area (Å²) in [7, 11) is 0. The van der Waals surface area contributed by atoms with Crippen LogP contribution in [0.25, 0.3) is 0 Å². The number of carbonyl (C=O) groups is 1. The summed E-state index contributed by atoms with van der Waals surface area (Å²) in [4.78, 5) is 13.3. The summed E-state index contributed by atoms with van der Waals surface area (Å²) in [5.41, 5.74) is 1.07. The smallest absolute Gasteiger partial charge is 0.318 e. The lowest BCUT2D eigenvalue weighted by Crippen LogP contribution is -2.28. The average molecular weight is 294 g/mol. The summed E-state index contributed by atoms with van der Waals surface area (Å²) in [6.45, 7) is 1.10. The van der Waals surface area contributed by atoms with Crippen LogP contribution in [0.4, 0.5) is 4.79 Å². The lowest BCUT2D eigenvalue weighted by molar-refractivity contribution is 0.218. The molecule has 1 heterocycles. The Morgan fingerprint density at radius 2 is 2.29 bits per heavy atom. The summed E-state index contributed by atoms with van der Waals surface area (Å²) in [5, 5.41) is 11.4. The number of nitrogens with zero attached hydrogens (tertiary/aromatic N) is 2. The molecule has 0 aromatic heterocycles. The Hall–Kier alpha value is -1.54. The lowest BCUT2D eigenvalue weighted by atomic mass is 10.1. The van der Waals surface area contributed by atoms with Gasteiger partial charge in [0.05, 0.1) is 18.5 Å². The Bertz CT molecular complexity index is 469. The average Bonchev–Trinajstić information content (AvgIpc) is 2.68. The molecule has 5 heteroatoms. The highest BCUT2D eigenvalue weighted by Crippen LogP contribution is 2.26. The van der Waals surface area contributed by atoms with Gasteiger partial charge in [0.25, 0.3) is 0 Å². The first-order valence-electron chi connectivity index (χ1n) is 5.39. The zero-order chi connectivity index (χ0) is 12.3. The summed E-state index contributed by atoms with van der Waals surface area (Å²) >= 11 is 3.48. The van der Waals surface area contributed by atoms with E-state index < -0.39 is 0 Å². The second-order valence-electron chi connectivity index (χ2n) is 3.88. The molecule has 1 atom stereocenters. The van der Waals surface area contributed by atoms with E-state index in [0.29, 0.717) is 19.5 Å². The number of hydrogen-bond donors (Lipinski definition) is 1. The van der Waals surface area contributed by atoms with Crippen LogP contribution in [-0.2, 0) is 0 Å². The van der Waals surface area contributed by atoms with Gasteiger partial charge in [-0.25, -0.2) is 4.79 Å². The Labute approximate surface area is 108 Å². The quantitative estimate of drug-likeness (QED) is 0.930. The molecule has 2 amide bonds. The predicted molar refractivity (Wildman–Crippen MR) is 67.2 cm³/mol. The second kappa shape index (κ2) is 5.19. The van der Waals surface area contributed by atoms with Gasteiger partial charge in [0.15, 0.2) is 0 Å². The van der Waals surface area contributed by atoms with Crippen molar-refractivity contribution in [1.29, 1.82) is 5.26 Å². The highest BCUT2D eigenvalue weighted by molar-refractivity contribution is 9.10. The van der Waals surface area contributed by atoms with Gasteiger partial charge in [-0.15, -0.1) is 0 Å². The van der Waals surface area contributed by atoms with Crippen LogP contribution in [0.1, 0.15) is 18.0 Å². The van der Waals surface area contributed by atoms with Crippen molar-refractivity contribution in [3.63, 3.8) is 0 Å². The van der Waals surface area contributed by atoms with E-state index in [9.17, 15) is 4.79 Å². The van der Waals surface area contributed by atoms with Crippen LogP contribution in [0.5, 0.6) is 0 Å². The zero-order valence-electron chi connectivity index (χ0n) is 9.19. The van der Waals surface area contributed by atoms with E-state index in [1.807, 2.05) is 24.3 Å². The molecule has 1 N–H and O–H groups in total. The first-order chi connectivity index (χ1) is 8.22. The van der Waals surface area contributed by atoms with Crippen LogP contribution < -0.4 is 5.32 Å². The molecule has 1 aliphatic rings. The van der Waals surface area contributed by atoms with Crippen LogP contribution >= 0.6 is 15.9 Å². The van der Waals surface area contributed by atoms with E-state index in [1.165, 1.54) is 0 Å².